The van der Waals surface area contributed by atoms with Crippen molar-refractivity contribution in [2.75, 3.05) is 13.2 Å². The molecule has 0 fully saturated rings. The van der Waals surface area contributed by atoms with Gasteiger partial charge >= 0.3 is 0 Å². The van der Waals surface area contributed by atoms with E-state index < -0.39 is 0 Å². The summed E-state index contributed by atoms with van der Waals surface area (Å²) in [7, 11) is 0. The second kappa shape index (κ2) is 5.71. The number of furan rings is 1. The van der Waals surface area contributed by atoms with Crippen LogP contribution in [0, 0.1) is 6.92 Å². The van der Waals surface area contributed by atoms with Crippen LogP contribution in [-0.2, 0) is 6.42 Å². The highest BCUT2D eigenvalue weighted by atomic mass is 16.5. The first-order valence-electron chi connectivity index (χ1n) is 7.32. The van der Waals surface area contributed by atoms with Gasteiger partial charge in [0, 0.05) is 6.42 Å². The molecule has 1 aromatic carbocycles. The summed E-state index contributed by atoms with van der Waals surface area (Å²) in [5.74, 6) is 2.04. The predicted molar refractivity (Wildman–Crippen MR) is 79.2 cm³/mol. The van der Waals surface area contributed by atoms with E-state index in [4.69, 9.17) is 9.15 Å². The van der Waals surface area contributed by atoms with Gasteiger partial charge in [-0.1, -0.05) is 13.0 Å². The summed E-state index contributed by atoms with van der Waals surface area (Å²) in [5, 5.41) is 3.59. The fourth-order valence-corrected chi connectivity index (χ4v) is 2.72. The number of hydrogen-bond donors (Lipinski definition) is 1. The zero-order valence-corrected chi connectivity index (χ0v) is 12.1. The highest BCUT2D eigenvalue weighted by Gasteiger charge is 2.21. The van der Waals surface area contributed by atoms with Gasteiger partial charge in [0.1, 0.15) is 11.5 Å². The van der Waals surface area contributed by atoms with Gasteiger partial charge in [-0.15, -0.1) is 0 Å². The van der Waals surface area contributed by atoms with Gasteiger partial charge in [-0.05, 0) is 54.8 Å². The molecule has 0 radical (unpaired) electrons. The second-order valence-electron chi connectivity index (χ2n) is 5.32. The standard InChI is InChI=1S/C17H21NO2/c1-3-8-18-16(17-12(2)6-9-20-17)14-4-5-15-13(11-14)7-10-19-15/h4-6,9,11,16,18H,3,7-8,10H2,1-2H3. The van der Waals surface area contributed by atoms with Crippen LogP contribution in [0.2, 0.25) is 0 Å². The lowest BCUT2D eigenvalue weighted by molar-refractivity contribution is 0.356. The normalized spacial score (nSPS) is 14.9. The Morgan fingerprint density at radius 1 is 1.30 bits per heavy atom. The maximum absolute atomic E-state index is 5.70. The number of aryl methyl sites for hydroxylation is 1. The van der Waals surface area contributed by atoms with Crippen LogP contribution in [0.4, 0.5) is 0 Å². The summed E-state index contributed by atoms with van der Waals surface area (Å²) in [6.07, 6.45) is 3.87. The number of ether oxygens (including phenoxy) is 1. The van der Waals surface area contributed by atoms with Crippen molar-refractivity contribution in [3.8, 4) is 5.75 Å². The van der Waals surface area contributed by atoms with Crippen LogP contribution in [0.1, 0.15) is 41.8 Å². The molecule has 1 aromatic heterocycles. The molecule has 1 unspecified atom stereocenters. The third-order valence-electron chi connectivity index (χ3n) is 3.81. The van der Waals surface area contributed by atoms with E-state index in [0.717, 1.165) is 37.5 Å². The van der Waals surface area contributed by atoms with Crippen LogP contribution >= 0.6 is 0 Å². The minimum Gasteiger partial charge on any atom is -0.493 e. The van der Waals surface area contributed by atoms with E-state index in [2.05, 4.69) is 37.4 Å². The Kier molecular flexibility index (Phi) is 3.79. The van der Waals surface area contributed by atoms with E-state index in [1.807, 2.05) is 6.07 Å². The molecule has 3 heteroatoms. The van der Waals surface area contributed by atoms with Gasteiger partial charge in [-0.3, -0.25) is 0 Å². The van der Waals surface area contributed by atoms with E-state index >= 15 is 0 Å². The summed E-state index contributed by atoms with van der Waals surface area (Å²) in [4.78, 5) is 0. The summed E-state index contributed by atoms with van der Waals surface area (Å²) in [5.41, 5.74) is 3.74. The molecule has 3 nitrogen and oxygen atoms in total. The Hall–Kier alpha value is -1.74. The van der Waals surface area contributed by atoms with Gasteiger partial charge in [0.25, 0.3) is 0 Å². The van der Waals surface area contributed by atoms with Crippen molar-refractivity contribution in [3.63, 3.8) is 0 Å². The number of rotatable bonds is 5. The summed E-state index contributed by atoms with van der Waals surface area (Å²) >= 11 is 0. The third kappa shape index (κ3) is 2.46. The Balaban J connectivity index is 1.94. The minimum absolute atomic E-state index is 0.121. The van der Waals surface area contributed by atoms with Crippen molar-refractivity contribution in [1.82, 2.24) is 5.32 Å². The van der Waals surface area contributed by atoms with Crippen LogP contribution in [0.5, 0.6) is 5.75 Å². The van der Waals surface area contributed by atoms with Gasteiger partial charge in [-0.25, -0.2) is 0 Å². The molecule has 0 amide bonds. The molecule has 0 spiro atoms. The zero-order valence-electron chi connectivity index (χ0n) is 12.1. The fourth-order valence-electron chi connectivity index (χ4n) is 2.72. The molecule has 106 valence electrons. The lowest BCUT2D eigenvalue weighted by Crippen LogP contribution is -2.23. The first kappa shape index (κ1) is 13.3. The monoisotopic (exact) mass is 271 g/mol. The Morgan fingerprint density at radius 2 is 2.20 bits per heavy atom. The molecule has 0 bridgehead atoms. The van der Waals surface area contributed by atoms with Crippen molar-refractivity contribution in [3.05, 3.63) is 53.0 Å². The molecule has 2 heterocycles. The van der Waals surface area contributed by atoms with Crippen molar-refractivity contribution >= 4 is 0 Å². The lowest BCUT2D eigenvalue weighted by atomic mass is 9.99. The van der Waals surface area contributed by atoms with Gasteiger partial charge in [-0.2, -0.15) is 0 Å². The molecule has 1 atom stereocenters. The fraction of sp³-hybridized carbons (Fsp3) is 0.412. The van der Waals surface area contributed by atoms with Gasteiger partial charge in [0.2, 0.25) is 0 Å². The van der Waals surface area contributed by atoms with E-state index in [1.54, 1.807) is 6.26 Å². The number of benzene rings is 1. The molecule has 1 N–H and O–H groups in total. The van der Waals surface area contributed by atoms with Gasteiger partial charge < -0.3 is 14.5 Å². The Bertz CT molecular complexity index is 588. The quantitative estimate of drug-likeness (QED) is 0.902. The van der Waals surface area contributed by atoms with Crippen LogP contribution < -0.4 is 10.1 Å². The summed E-state index contributed by atoms with van der Waals surface area (Å²) in [6, 6.07) is 8.61. The van der Waals surface area contributed by atoms with Crippen molar-refractivity contribution in [2.24, 2.45) is 0 Å². The van der Waals surface area contributed by atoms with E-state index in [1.165, 1.54) is 16.7 Å². The highest BCUT2D eigenvalue weighted by Crippen LogP contribution is 2.31. The zero-order chi connectivity index (χ0) is 13.9. The SMILES string of the molecule is CCCNC(c1ccc2c(c1)CCO2)c1occc1C. The molecule has 3 rings (SSSR count). The van der Waals surface area contributed by atoms with E-state index in [0.29, 0.717) is 0 Å². The van der Waals surface area contributed by atoms with E-state index in [-0.39, 0.29) is 6.04 Å². The largest absolute Gasteiger partial charge is 0.493 e. The van der Waals surface area contributed by atoms with Crippen LogP contribution in [0.25, 0.3) is 0 Å². The Morgan fingerprint density at radius 3 is 2.95 bits per heavy atom. The van der Waals surface area contributed by atoms with Crippen molar-refractivity contribution in [2.45, 2.75) is 32.7 Å². The van der Waals surface area contributed by atoms with E-state index in [9.17, 15) is 0 Å². The van der Waals surface area contributed by atoms with Crippen molar-refractivity contribution < 1.29 is 9.15 Å². The average molecular weight is 271 g/mol. The molecule has 2 aromatic rings. The van der Waals surface area contributed by atoms with Crippen LogP contribution in [-0.4, -0.2) is 13.2 Å². The van der Waals surface area contributed by atoms with Gasteiger partial charge in [0.15, 0.2) is 0 Å². The molecular weight excluding hydrogens is 250 g/mol. The molecule has 0 saturated carbocycles. The molecular formula is C17H21NO2. The lowest BCUT2D eigenvalue weighted by Gasteiger charge is -2.18. The topological polar surface area (TPSA) is 34.4 Å². The smallest absolute Gasteiger partial charge is 0.128 e. The molecule has 20 heavy (non-hydrogen) atoms. The minimum atomic E-state index is 0.121. The number of hydrogen-bond acceptors (Lipinski definition) is 3. The molecule has 1 aliphatic heterocycles. The maximum atomic E-state index is 5.70. The predicted octanol–water partition coefficient (Wildman–Crippen LogP) is 3.61. The first-order valence-corrected chi connectivity index (χ1v) is 7.32. The number of nitrogens with one attached hydrogen (secondary N) is 1. The van der Waals surface area contributed by atoms with Gasteiger partial charge in [0.05, 0.1) is 18.9 Å². The summed E-state index contributed by atoms with van der Waals surface area (Å²) < 4.78 is 11.3. The molecule has 0 aliphatic carbocycles. The third-order valence-corrected chi connectivity index (χ3v) is 3.81. The second-order valence-corrected chi connectivity index (χ2v) is 5.32. The Labute approximate surface area is 119 Å². The summed E-state index contributed by atoms with van der Waals surface area (Å²) in [6.45, 7) is 6.04. The van der Waals surface area contributed by atoms with Crippen LogP contribution in [0.3, 0.4) is 0 Å². The number of fused-ring (bicyclic) bond motifs is 1. The van der Waals surface area contributed by atoms with Crippen molar-refractivity contribution in [1.29, 1.82) is 0 Å². The highest BCUT2D eigenvalue weighted by molar-refractivity contribution is 5.43. The van der Waals surface area contributed by atoms with Crippen LogP contribution in [0.15, 0.2) is 34.9 Å². The first-order chi connectivity index (χ1) is 9.79. The average Bonchev–Trinajstić information content (AvgIpc) is 3.08. The molecule has 1 aliphatic rings. The maximum Gasteiger partial charge on any atom is 0.128 e. The molecule has 0 saturated heterocycles.